The number of benzene rings is 1. The van der Waals surface area contributed by atoms with Crippen molar-refractivity contribution in [2.45, 2.75) is 46.0 Å². The molecule has 0 aromatic heterocycles. The van der Waals surface area contributed by atoms with E-state index in [0.717, 1.165) is 19.3 Å². The summed E-state index contributed by atoms with van der Waals surface area (Å²) in [5.74, 6) is -0.00636. The van der Waals surface area contributed by atoms with E-state index in [-0.39, 0.29) is 17.5 Å². The van der Waals surface area contributed by atoms with Gasteiger partial charge in [-0.15, -0.1) is 0 Å². The third-order valence-electron chi connectivity index (χ3n) is 3.20. The normalized spacial score (nSPS) is 18.1. The van der Waals surface area contributed by atoms with Gasteiger partial charge in [0.05, 0.1) is 5.92 Å². The number of hydrogen-bond donors (Lipinski definition) is 0. The van der Waals surface area contributed by atoms with Gasteiger partial charge >= 0.3 is 0 Å². The van der Waals surface area contributed by atoms with Crippen molar-refractivity contribution in [2.75, 3.05) is 0 Å². The average molecular weight is 246 g/mol. The number of ketones is 2. The first-order chi connectivity index (χ1) is 8.77. The van der Waals surface area contributed by atoms with Crippen LogP contribution >= 0.6 is 0 Å². The molecule has 0 aliphatic heterocycles. The second-order valence-corrected chi connectivity index (χ2v) is 4.36. The predicted octanol–water partition coefficient (Wildman–Crippen LogP) is 3.58. The van der Waals surface area contributed by atoms with Crippen LogP contribution in [0.3, 0.4) is 0 Å². The van der Waals surface area contributed by atoms with Crippen LogP contribution in [0.5, 0.6) is 0 Å². The van der Waals surface area contributed by atoms with Gasteiger partial charge in [0, 0.05) is 12.8 Å². The standard InChI is InChI=1S/C14H16O2.C2H6/c15-13-8-4-7-12(13)14(16)10-9-11-5-2-1-3-6-11;1-2/h1-3,5-6,12H,4,7-10H2;1-2H3. The van der Waals surface area contributed by atoms with Crippen LogP contribution in [-0.2, 0) is 16.0 Å². The summed E-state index contributed by atoms with van der Waals surface area (Å²) in [5.41, 5.74) is 1.17. The third kappa shape index (κ3) is 4.10. The Balaban J connectivity index is 0.000000771. The highest BCUT2D eigenvalue weighted by Crippen LogP contribution is 2.23. The topological polar surface area (TPSA) is 34.1 Å². The highest BCUT2D eigenvalue weighted by Gasteiger charge is 2.29. The van der Waals surface area contributed by atoms with E-state index in [1.54, 1.807) is 0 Å². The van der Waals surface area contributed by atoms with Crippen molar-refractivity contribution in [1.29, 1.82) is 0 Å². The van der Waals surface area contributed by atoms with Crippen LogP contribution in [0.4, 0.5) is 0 Å². The van der Waals surface area contributed by atoms with E-state index >= 15 is 0 Å². The molecular formula is C16H22O2. The van der Waals surface area contributed by atoms with Crippen molar-refractivity contribution in [1.82, 2.24) is 0 Å². The lowest BCUT2D eigenvalue weighted by molar-refractivity contribution is -0.130. The van der Waals surface area contributed by atoms with Gasteiger partial charge in [-0.2, -0.15) is 0 Å². The molecule has 2 nitrogen and oxygen atoms in total. The van der Waals surface area contributed by atoms with Gasteiger partial charge in [0.25, 0.3) is 0 Å². The zero-order valence-electron chi connectivity index (χ0n) is 11.3. The van der Waals surface area contributed by atoms with Crippen LogP contribution in [-0.4, -0.2) is 11.6 Å². The molecule has 1 atom stereocenters. The van der Waals surface area contributed by atoms with Crippen LogP contribution in [0.15, 0.2) is 30.3 Å². The van der Waals surface area contributed by atoms with E-state index in [4.69, 9.17) is 0 Å². The second kappa shape index (κ2) is 7.80. The van der Waals surface area contributed by atoms with Crippen molar-refractivity contribution in [2.24, 2.45) is 5.92 Å². The molecule has 1 aliphatic carbocycles. The monoisotopic (exact) mass is 246 g/mol. The first kappa shape index (κ1) is 14.6. The van der Waals surface area contributed by atoms with Crippen LogP contribution in [0.1, 0.15) is 45.1 Å². The van der Waals surface area contributed by atoms with E-state index in [1.165, 1.54) is 5.56 Å². The van der Waals surface area contributed by atoms with Crippen LogP contribution in [0.2, 0.25) is 0 Å². The molecule has 1 aromatic carbocycles. The van der Waals surface area contributed by atoms with Crippen LogP contribution in [0, 0.1) is 5.92 Å². The van der Waals surface area contributed by atoms with Crippen LogP contribution < -0.4 is 0 Å². The minimum Gasteiger partial charge on any atom is -0.299 e. The van der Waals surface area contributed by atoms with Gasteiger partial charge in [-0.3, -0.25) is 9.59 Å². The Kier molecular flexibility index (Phi) is 6.34. The third-order valence-corrected chi connectivity index (χ3v) is 3.20. The zero-order chi connectivity index (χ0) is 13.4. The summed E-state index contributed by atoms with van der Waals surface area (Å²) in [4.78, 5) is 23.2. The first-order valence-corrected chi connectivity index (χ1v) is 6.87. The number of Topliss-reactive ketones (excluding diaryl/α,β-unsaturated/α-hetero) is 2. The summed E-state index contributed by atoms with van der Waals surface area (Å²) in [6.45, 7) is 4.00. The number of rotatable bonds is 4. The molecule has 0 amide bonds. The van der Waals surface area contributed by atoms with Gasteiger partial charge in [0.2, 0.25) is 0 Å². The van der Waals surface area contributed by atoms with Crippen molar-refractivity contribution in [3.8, 4) is 0 Å². The Morgan fingerprint density at radius 1 is 1.22 bits per heavy atom. The Morgan fingerprint density at radius 3 is 2.44 bits per heavy atom. The molecule has 0 bridgehead atoms. The highest BCUT2D eigenvalue weighted by atomic mass is 16.2. The lowest BCUT2D eigenvalue weighted by Gasteiger charge is -2.06. The van der Waals surface area contributed by atoms with Gasteiger partial charge < -0.3 is 0 Å². The lowest BCUT2D eigenvalue weighted by Crippen LogP contribution is -2.18. The fourth-order valence-electron chi connectivity index (χ4n) is 2.24. The average Bonchev–Trinajstić information content (AvgIpc) is 2.86. The Morgan fingerprint density at radius 2 is 1.89 bits per heavy atom. The summed E-state index contributed by atoms with van der Waals surface area (Å²) in [7, 11) is 0. The molecule has 1 unspecified atom stereocenters. The maximum absolute atomic E-state index is 11.8. The number of aryl methyl sites for hydroxylation is 1. The molecule has 1 aromatic rings. The number of hydrogen-bond acceptors (Lipinski definition) is 2. The van der Waals surface area contributed by atoms with E-state index in [0.29, 0.717) is 12.8 Å². The van der Waals surface area contributed by atoms with E-state index in [2.05, 4.69) is 0 Å². The Labute approximate surface area is 109 Å². The molecule has 0 spiro atoms. The van der Waals surface area contributed by atoms with Crippen LogP contribution in [0.25, 0.3) is 0 Å². The molecule has 1 fully saturated rings. The van der Waals surface area contributed by atoms with Crippen molar-refractivity contribution in [3.05, 3.63) is 35.9 Å². The molecule has 0 saturated heterocycles. The predicted molar refractivity (Wildman–Crippen MR) is 73.5 cm³/mol. The van der Waals surface area contributed by atoms with E-state index < -0.39 is 0 Å². The maximum atomic E-state index is 11.8. The van der Waals surface area contributed by atoms with Gasteiger partial charge in [-0.05, 0) is 24.8 Å². The van der Waals surface area contributed by atoms with Gasteiger partial charge in [0.1, 0.15) is 11.6 Å². The summed E-state index contributed by atoms with van der Waals surface area (Å²) in [6, 6.07) is 9.94. The minimum absolute atomic E-state index is 0.131. The fourth-order valence-corrected chi connectivity index (χ4v) is 2.24. The number of carbonyl (C=O) groups is 2. The van der Waals surface area contributed by atoms with E-state index in [9.17, 15) is 9.59 Å². The summed E-state index contributed by atoms with van der Waals surface area (Å²) >= 11 is 0. The molecule has 2 rings (SSSR count). The zero-order valence-corrected chi connectivity index (χ0v) is 11.3. The molecule has 1 saturated carbocycles. The lowest BCUT2D eigenvalue weighted by atomic mass is 9.96. The second-order valence-electron chi connectivity index (χ2n) is 4.36. The summed E-state index contributed by atoms with van der Waals surface area (Å²) in [5, 5.41) is 0. The van der Waals surface area contributed by atoms with Crippen molar-refractivity contribution < 1.29 is 9.59 Å². The maximum Gasteiger partial charge on any atom is 0.143 e. The molecule has 2 heteroatoms. The Bertz CT molecular complexity index is 381. The molecule has 18 heavy (non-hydrogen) atoms. The molecule has 1 aliphatic rings. The largest absolute Gasteiger partial charge is 0.299 e. The molecule has 0 heterocycles. The van der Waals surface area contributed by atoms with Crippen molar-refractivity contribution >= 4 is 11.6 Å². The quantitative estimate of drug-likeness (QED) is 0.761. The van der Waals surface area contributed by atoms with Crippen molar-refractivity contribution in [3.63, 3.8) is 0 Å². The molecule has 0 N–H and O–H groups in total. The smallest absolute Gasteiger partial charge is 0.143 e. The molecule has 98 valence electrons. The summed E-state index contributed by atoms with van der Waals surface area (Å²) in [6.07, 6.45) is 3.51. The molecular weight excluding hydrogens is 224 g/mol. The SMILES string of the molecule is CC.O=C1CCCC1C(=O)CCc1ccccc1. The Hall–Kier alpha value is -1.44. The first-order valence-electron chi connectivity index (χ1n) is 6.87. The van der Waals surface area contributed by atoms with Gasteiger partial charge in [0.15, 0.2) is 0 Å². The highest BCUT2D eigenvalue weighted by molar-refractivity contribution is 6.03. The van der Waals surface area contributed by atoms with Gasteiger partial charge in [-0.1, -0.05) is 44.2 Å². The van der Waals surface area contributed by atoms with E-state index in [1.807, 2.05) is 44.2 Å². The molecule has 0 radical (unpaired) electrons. The fraction of sp³-hybridized carbons (Fsp3) is 0.500. The minimum atomic E-state index is -0.288. The number of carbonyl (C=O) groups excluding carboxylic acids is 2. The van der Waals surface area contributed by atoms with Gasteiger partial charge in [-0.25, -0.2) is 0 Å². The summed E-state index contributed by atoms with van der Waals surface area (Å²) < 4.78 is 0.